The number of rotatable bonds is 9. The van der Waals surface area contributed by atoms with E-state index in [0.29, 0.717) is 5.56 Å². The molecule has 3 rings (SSSR count). The van der Waals surface area contributed by atoms with Gasteiger partial charge >= 0.3 is 0 Å². The molecule has 12 heteroatoms. The first-order valence-electron chi connectivity index (χ1n) is 8.28. The van der Waals surface area contributed by atoms with Crippen molar-refractivity contribution in [3.63, 3.8) is 0 Å². The third kappa shape index (κ3) is 4.20. The van der Waals surface area contributed by atoms with Crippen LogP contribution in [0.3, 0.4) is 0 Å². The number of aromatic nitrogens is 2. The molecule has 0 bridgehead atoms. The lowest BCUT2D eigenvalue weighted by molar-refractivity contribution is 0.151. The van der Waals surface area contributed by atoms with E-state index in [9.17, 15) is 23.6 Å². The molecule has 0 radical (unpaired) electrons. The average molecular weight is 407 g/mol. The number of hydrogen-bond donors (Lipinski definition) is 3. The molecule has 2 aromatic carbocycles. The zero-order chi connectivity index (χ0) is 21.0. The summed E-state index contributed by atoms with van der Waals surface area (Å²) in [5.41, 5.74) is 4.11. The van der Waals surface area contributed by atoms with Gasteiger partial charge in [-0.2, -0.15) is 0 Å². The number of hydrogen-bond acceptors (Lipinski definition) is 10. The highest BCUT2D eigenvalue weighted by Crippen LogP contribution is 2.21. The number of benzene rings is 1. The van der Waals surface area contributed by atoms with Crippen molar-refractivity contribution >= 4 is 17.1 Å². The van der Waals surface area contributed by atoms with Crippen LogP contribution in [0.5, 0.6) is 5.88 Å². The third-order valence-corrected chi connectivity index (χ3v) is 4.02. The van der Waals surface area contributed by atoms with E-state index in [-0.39, 0.29) is 53.8 Å². The first-order chi connectivity index (χ1) is 13.9. The van der Waals surface area contributed by atoms with Crippen LogP contribution < -0.4 is 26.6 Å². The van der Waals surface area contributed by atoms with E-state index in [1.54, 1.807) is 6.07 Å². The Morgan fingerprint density at radius 1 is 1.31 bits per heavy atom. The molecular weight excluding hydrogens is 392 g/mol. The smallest absolute Gasteiger partial charge is 0.285 e. The summed E-state index contributed by atoms with van der Waals surface area (Å²) in [6, 6.07) is 5.61. The van der Waals surface area contributed by atoms with E-state index in [1.807, 2.05) is 0 Å². The topological polar surface area (TPSA) is 153 Å². The Hall–Kier alpha value is -3.83. The number of nitrogens with one attached hydrogen (secondary N) is 1. The molecule has 0 aliphatic heterocycles. The van der Waals surface area contributed by atoms with Gasteiger partial charge in [-0.15, -0.1) is 0 Å². The lowest BCUT2D eigenvalue weighted by atomic mass is 10.0. The quantitative estimate of drug-likeness (QED) is 0.156. The number of nitrogen functional groups attached to an aromatic ring is 1. The van der Waals surface area contributed by atoms with Gasteiger partial charge in [0.1, 0.15) is 23.7 Å². The summed E-state index contributed by atoms with van der Waals surface area (Å²) in [6.45, 7) is 0.0996. The minimum Gasteiger partial charge on any atom is -0.472 e. The second kappa shape index (κ2) is 8.46. The summed E-state index contributed by atoms with van der Waals surface area (Å²) in [5, 5.41) is 22.3. The van der Waals surface area contributed by atoms with Crippen LogP contribution in [0.2, 0.25) is 0 Å². The van der Waals surface area contributed by atoms with Crippen LogP contribution >= 0.6 is 0 Å². The predicted molar refractivity (Wildman–Crippen MR) is 97.5 cm³/mol. The van der Waals surface area contributed by atoms with Crippen LogP contribution in [0.15, 0.2) is 43.6 Å². The highest BCUT2D eigenvalue weighted by atomic mass is 19.3. The number of nitrogens with zero attached hydrogens (tertiary/aromatic N) is 3. The Kier molecular flexibility index (Phi) is 5.81. The molecule has 0 saturated carbocycles. The number of nitrogens with two attached hydrogens (primary N) is 1. The van der Waals surface area contributed by atoms with Gasteiger partial charge in [0.25, 0.3) is 23.2 Å². The second-order valence-electron chi connectivity index (χ2n) is 5.91. The standard InChI is InChI=1S/C17H15F2N5O5/c18-16(19)9-3-1-2-8(6-9)7-10(22-27)12-17(24-29-23-12)28-5-4-21-13-11(20)14(25)15(13)26/h1-3,6,16,21,27H,4-5,7,20H2. The normalized spacial score (nSPS) is 11.9. The lowest BCUT2D eigenvalue weighted by Crippen LogP contribution is -2.37. The van der Waals surface area contributed by atoms with Crippen molar-refractivity contribution in [1.82, 2.24) is 10.3 Å². The van der Waals surface area contributed by atoms with Crippen LogP contribution in [0, 0.1) is 0 Å². The minimum atomic E-state index is -2.63. The molecule has 1 heterocycles. The van der Waals surface area contributed by atoms with Crippen LogP contribution in [-0.4, -0.2) is 34.4 Å². The Balaban J connectivity index is 1.62. The van der Waals surface area contributed by atoms with E-state index in [0.717, 1.165) is 0 Å². The van der Waals surface area contributed by atoms with Gasteiger partial charge in [-0.05, 0) is 21.9 Å². The molecule has 0 aliphatic carbocycles. The van der Waals surface area contributed by atoms with Gasteiger partial charge < -0.3 is 21.0 Å². The van der Waals surface area contributed by atoms with Crippen molar-refractivity contribution in [3.05, 3.63) is 61.5 Å². The molecule has 1 aromatic heterocycles. The average Bonchev–Trinajstić information content (AvgIpc) is 3.19. The zero-order valence-corrected chi connectivity index (χ0v) is 14.8. The summed E-state index contributed by atoms with van der Waals surface area (Å²) < 4.78 is 35.7. The van der Waals surface area contributed by atoms with E-state index in [1.165, 1.54) is 18.2 Å². The van der Waals surface area contributed by atoms with Crippen molar-refractivity contribution in [1.29, 1.82) is 0 Å². The largest absolute Gasteiger partial charge is 0.472 e. The Labute approximate surface area is 161 Å². The predicted octanol–water partition coefficient (Wildman–Crippen LogP) is 1.10. The van der Waals surface area contributed by atoms with Gasteiger partial charge in [0, 0.05) is 18.5 Å². The van der Waals surface area contributed by atoms with E-state index >= 15 is 0 Å². The molecule has 3 aromatic rings. The molecule has 4 N–H and O–H groups in total. The minimum absolute atomic E-state index is 0.00709. The molecule has 0 aliphatic rings. The monoisotopic (exact) mass is 407 g/mol. The summed E-state index contributed by atoms with van der Waals surface area (Å²) in [6.07, 6.45) is -2.66. The highest BCUT2D eigenvalue weighted by molar-refractivity contribution is 6.01. The first kappa shape index (κ1) is 19.9. The summed E-state index contributed by atoms with van der Waals surface area (Å²) in [7, 11) is 0. The number of anilines is 2. The summed E-state index contributed by atoms with van der Waals surface area (Å²) in [4.78, 5) is 22.3. The molecule has 152 valence electrons. The SMILES string of the molecule is Nc1c(NCCOc2nonc2C(Cc2cccc(C(F)F)c2)=NO)c(=O)c1=O. The fourth-order valence-electron chi connectivity index (χ4n) is 2.56. The van der Waals surface area contributed by atoms with Gasteiger partial charge in [0.2, 0.25) is 0 Å². The fourth-order valence-corrected chi connectivity index (χ4v) is 2.56. The van der Waals surface area contributed by atoms with Gasteiger partial charge in [0.15, 0.2) is 5.69 Å². The molecule has 0 unspecified atom stereocenters. The number of halogens is 2. The van der Waals surface area contributed by atoms with Crippen LogP contribution in [0.4, 0.5) is 20.2 Å². The molecule has 0 saturated heterocycles. The maximum atomic E-state index is 12.8. The van der Waals surface area contributed by atoms with E-state index in [4.69, 9.17) is 10.5 Å². The van der Waals surface area contributed by atoms with Crippen molar-refractivity contribution in [2.24, 2.45) is 5.16 Å². The van der Waals surface area contributed by atoms with Crippen LogP contribution in [0.25, 0.3) is 0 Å². The van der Waals surface area contributed by atoms with Crippen LogP contribution in [-0.2, 0) is 6.42 Å². The van der Waals surface area contributed by atoms with E-state index in [2.05, 4.69) is 25.4 Å². The Morgan fingerprint density at radius 3 is 2.79 bits per heavy atom. The van der Waals surface area contributed by atoms with Gasteiger partial charge in [-0.1, -0.05) is 23.4 Å². The number of alkyl halides is 2. The lowest BCUT2D eigenvalue weighted by Gasteiger charge is -2.10. The fraction of sp³-hybridized carbons (Fsp3) is 0.235. The van der Waals surface area contributed by atoms with Crippen LogP contribution in [0.1, 0.15) is 23.2 Å². The Bertz CT molecular complexity index is 1100. The van der Waals surface area contributed by atoms with Crippen molar-refractivity contribution in [3.8, 4) is 5.88 Å². The van der Waals surface area contributed by atoms with Gasteiger partial charge in [0.05, 0.1) is 0 Å². The molecular formula is C17H15F2N5O5. The van der Waals surface area contributed by atoms with Crippen molar-refractivity contribution in [2.45, 2.75) is 12.8 Å². The molecule has 0 fully saturated rings. The maximum absolute atomic E-state index is 12.8. The zero-order valence-electron chi connectivity index (χ0n) is 14.8. The molecule has 10 nitrogen and oxygen atoms in total. The molecule has 0 spiro atoms. The summed E-state index contributed by atoms with van der Waals surface area (Å²) >= 11 is 0. The first-order valence-corrected chi connectivity index (χ1v) is 8.28. The van der Waals surface area contributed by atoms with Gasteiger partial charge in [-0.25, -0.2) is 13.4 Å². The number of ether oxygens (including phenoxy) is 1. The summed E-state index contributed by atoms with van der Waals surface area (Å²) in [5.74, 6) is -0.0948. The van der Waals surface area contributed by atoms with Gasteiger partial charge in [-0.3, -0.25) is 9.59 Å². The second-order valence-corrected chi connectivity index (χ2v) is 5.91. The molecule has 0 atom stereocenters. The highest BCUT2D eigenvalue weighted by Gasteiger charge is 2.21. The van der Waals surface area contributed by atoms with Crippen molar-refractivity contribution in [2.75, 3.05) is 24.2 Å². The Morgan fingerprint density at radius 2 is 2.10 bits per heavy atom. The van der Waals surface area contributed by atoms with E-state index < -0.39 is 17.3 Å². The molecule has 0 amide bonds. The number of oxime groups is 1. The molecule has 29 heavy (non-hydrogen) atoms. The van der Waals surface area contributed by atoms with Crippen molar-refractivity contribution < 1.29 is 23.4 Å². The maximum Gasteiger partial charge on any atom is 0.285 e. The third-order valence-electron chi connectivity index (χ3n) is 4.02.